The van der Waals surface area contributed by atoms with E-state index in [4.69, 9.17) is 5.26 Å². The van der Waals surface area contributed by atoms with Gasteiger partial charge in [0.2, 0.25) is 0 Å². The van der Waals surface area contributed by atoms with E-state index >= 15 is 0 Å². The van der Waals surface area contributed by atoms with Gasteiger partial charge in [-0.1, -0.05) is 6.42 Å². The minimum atomic E-state index is 0.712. The van der Waals surface area contributed by atoms with Crippen molar-refractivity contribution in [3.8, 4) is 6.07 Å². The summed E-state index contributed by atoms with van der Waals surface area (Å²) in [5.41, 5.74) is 1.72. The van der Waals surface area contributed by atoms with Crippen molar-refractivity contribution < 1.29 is 0 Å². The fourth-order valence-corrected chi connectivity index (χ4v) is 2.12. The van der Waals surface area contributed by atoms with Crippen LogP contribution in [0.25, 0.3) is 0 Å². The molecule has 1 aromatic rings. The van der Waals surface area contributed by atoms with Crippen LogP contribution < -0.4 is 4.90 Å². The minimum Gasteiger partial charge on any atom is -0.358 e. The van der Waals surface area contributed by atoms with Gasteiger partial charge in [-0.25, -0.2) is 4.98 Å². The molecule has 0 radical (unpaired) electrons. The summed E-state index contributed by atoms with van der Waals surface area (Å²) in [5.74, 6) is 1.62. The van der Waals surface area contributed by atoms with Gasteiger partial charge in [0.15, 0.2) is 0 Å². The van der Waals surface area contributed by atoms with E-state index in [0.29, 0.717) is 5.56 Å². The average Bonchev–Trinajstić information content (AvgIpc) is 2.22. The quantitative estimate of drug-likeness (QED) is 0.777. The van der Waals surface area contributed by atoms with Gasteiger partial charge in [-0.05, 0) is 37.3 Å². The molecule has 1 aliphatic rings. The molecule has 1 aromatic heterocycles. The van der Waals surface area contributed by atoms with Crippen molar-refractivity contribution in [3.63, 3.8) is 0 Å². The van der Waals surface area contributed by atoms with E-state index in [1.165, 1.54) is 19.3 Å². The van der Waals surface area contributed by atoms with Gasteiger partial charge in [-0.15, -0.1) is 0 Å². The molecule has 0 saturated heterocycles. The van der Waals surface area contributed by atoms with Crippen molar-refractivity contribution in [2.24, 2.45) is 5.92 Å². The van der Waals surface area contributed by atoms with Crippen LogP contribution in [0.5, 0.6) is 0 Å². The van der Waals surface area contributed by atoms with Gasteiger partial charge in [-0.2, -0.15) is 5.26 Å². The number of hydrogen-bond donors (Lipinski definition) is 0. The van der Waals surface area contributed by atoms with E-state index in [1.54, 1.807) is 6.20 Å². The van der Waals surface area contributed by atoms with Crippen LogP contribution in [-0.2, 0) is 0 Å². The Morgan fingerprint density at radius 3 is 2.88 bits per heavy atom. The molecule has 1 aliphatic carbocycles. The maximum atomic E-state index is 9.14. The molecule has 0 aromatic carbocycles. The Labute approximate surface area is 96.7 Å². The van der Waals surface area contributed by atoms with Crippen LogP contribution >= 0.6 is 0 Å². The summed E-state index contributed by atoms with van der Waals surface area (Å²) >= 11 is 0. The van der Waals surface area contributed by atoms with E-state index in [9.17, 15) is 0 Å². The predicted molar refractivity (Wildman–Crippen MR) is 64.3 cm³/mol. The topological polar surface area (TPSA) is 39.9 Å². The molecular formula is C13H17N3. The maximum Gasteiger partial charge on any atom is 0.146 e. The van der Waals surface area contributed by atoms with Gasteiger partial charge in [0, 0.05) is 19.8 Å². The molecule has 3 nitrogen and oxygen atoms in total. The zero-order valence-corrected chi connectivity index (χ0v) is 9.90. The Kier molecular flexibility index (Phi) is 3.09. The zero-order valence-electron chi connectivity index (χ0n) is 9.90. The van der Waals surface area contributed by atoms with Crippen molar-refractivity contribution in [2.75, 3.05) is 18.5 Å². The largest absolute Gasteiger partial charge is 0.358 e. The molecule has 0 bridgehead atoms. The van der Waals surface area contributed by atoms with Crippen molar-refractivity contribution in [1.82, 2.24) is 4.98 Å². The fourth-order valence-electron chi connectivity index (χ4n) is 2.12. The van der Waals surface area contributed by atoms with Crippen LogP contribution in [0, 0.1) is 24.2 Å². The summed E-state index contributed by atoms with van der Waals surface area (Å²) in [5, 5.41) is 9.14. The highest BCUT2D eigenvalue weighted by molar-refractivity contribution is 5.56. The van der Waals surface area contributed by atoms with E-state index in [2.05, 4.69) is 16.0 Å². The number of aryl methyl sites for hydroxylation is 1. The highest BCUT2D eigenvalue weighted by Crippen LogP contribution is 2.29. The van der Waals surface area contributed by atoms with Gasteiger partial charge in [0.1, 0.15) is 11.9 Å². The first-order valence-electron chi connectivity index (χ1n) is 5.79. The third-order valence-electron chi connectivity index (χ3n) is 3.37. The number of aromatic nitrogens is 1. The van der Waals surface area contributed by atoms with Crippen molar-refractivity contribution in [3.05, 3.63) is 23.4 Å². The molecule has 0 aliphatic heterocycles. The van der Waals surface area contributed by atoms with Crippen LogP contribution in [0.2, 0.25) is 0 Å². The smallest absolute Gasteiger partial charge is 0.146 e. The molecule has 0 atom stereocenters. The average molecular weight is 215 g/mol. The number of nitrogens with zero attached hydrogens (tertiary/aromatic N) is 3. The summed E-state index contributed by atoms with van der Waals surface area (Å²) < 4.78 is 0. The summed E-state index contributed by atoms with van der Waals surface area (Å²) in [6.07, 6.45) is 5.77. The van der Waals surface area contributed by atoms with Crippen LogP contribution in [0.15, 0.2) is 12.3 Å². The molecule has 2 rings (SSSR count). The predicted octanol–water partition coefficient (Wildman–Crippen LogP) is 2.50. The molecular weight excluding hydrogens is 198 g/mol. The number of hydrogen-bond acceptors (Lipinski definition) is 3. The normalized spacial score (nSPS) is 15.3. The second-order valence-corrected chi connectivity index (χ2v) is 4.62. The molecule has 0 spiro atoms. The van der Waals surface area contributed by atoms with Crippen LogP contribution in [0.4, 0.5) is 5.82 Å². The third-order valence-corrected chi connectivity index (χ3v) is 3.37. The molecule has 0 unspecified atom stereocenters. The Balaban J connectivity index is 2.18. The van der Waals surface area contributed by atoms with Crippen molar-refractivity contribution in [2.45, 2.75) is 26.2 Å². The monoisotopic (exact) mass is 215 g/mol. The number of nitriles is 1. The van der Waals surface area contributed by atoms with E-state index in [-0.39, 0.29) is 0 Å². The lowest BCUT2D eigenvalue weighted by Gasteiger charge is -2.31. The van der Waals surface area contributed by atoms with E-state index in [0.717, 1.165) is 23.8 Å². The summed E-state index contributed by atoms with van der Waals surface area (Å²) in [4.78, 5) is 6.45. The van der Waals surface area contributed by atoms with Gasteiger partial charge in [0.25, 0.3) is 0 Å². The molecule has 0 amide bonds. The SMILES string of the molecule is Cc1ccnc(N(C)CC2CCC2)c1C#N. The van der Waals surface area contributed by atoms with Crippen LogP contribution in [-0.4, -0.2) is 18.6 Å². The first-order chi connectivity index (χ1) is 7.72. The number of pyridine rings is 1. The van der Waals surface area contributed by atoms with Gasteiger partial charge in [0.05, 0.1) is 5.56 Å². The third kappa shape index (κ3) is 2.01. The fraction of sp³-hybridized carbons (Fsp3) is 0.538. The second-order valence-electron chi connectivity index (χ2n) is 4.62. The van der Waals surface area contributed by atoms with Crippen molar-refractivity contribution >= 4 is 5.82 Å². The van der Waals surface area contributed by atoms with E-state index < -0.39 is 0 Å². The summed E-state index contributed by atoms with van der Waals surface area (Å²) in [6.45, 7) is 2.98. The Morgan fingerprint density at radius 2 is 2.31 bits per heavy atom. The summed E-state index contributed by atoms with van der Waals surface area (Å²) in [6, 6.07) is 4.14. The molecule has 1 heterocycles. The van der Waals surface area contributed by atoms with Crippen LogP contribution in [0.1, 0.15) is 30.4 Å². The highest BCUT2D eigenvalue weighted by Gasteiger charge is 2.21. The molecule has 16 heavy (non-hydrogen) atoms. The van der Waals surface area contributed by atoms with Gasteiger partial charge >= 0.3 is 0 Å². The molecule has 84 valence electrons. The van der Waals surface area contributed by atoms with Crippen molar-refractivity contribution in [1.29, 1.82) is 5.26 Å². The number of anilines is 1. The minimum absolute atomic E-state index is 0.712. The second kappa shape index (κ2) is 4.52. The van der Waals surface area contributed by atoms with Gasteiger partial charge < -0.3 is 4.90 Å². The first-order valence-corrected chi connectivity index (χ1v) is 5.79. The zero-order chi connectivity index (χ0) is 11.5. The molecule has 0 N–H and O–H groups in total. The van der Waals surface area contributed by atoms with E-state index in [1.807, 2.05) is 20.0 Å². The summed E-state index contributed by atoms with van der Waals surface area (Å²) in [7, 11) is 2.03. The lowest BCUT2D eigenvalue weighted by atomic mass is 9.85. The van der Waals surface area contributed by atoms with Crippen LogP contribution in [0.3, 0.4) is 0 Å². The maximum absolute atomic E-state index is 9.14. The van der Waals surface area contributed by atoms with Gasteiger partial charge in [-0.3, -0.25) is 0 Å². The Morgan fingerprint density at radius 1 is 1.56 bits per heavy atom. The lowest BCUT2D eigenvalue weighted by Crippen LogP contribution is -2.30. The highest BCUT2D eigenvalue weighted by atomic mass is 15.2. The standard InChI is InChI=1S/C13H17N3/c1-10-6-7-15-13(12(10)8-14)16(2)9-11-4-3-5-11/h6-7,11H,3-5,9H2,1-2H3. The Hall–Kier alpha value is -1.56. The number of rotatable bonds is 3. The lowest BCUT2D eigenvalue weighted by molar-refractivity contribution is 0.321. The molecule has 3 heteroatoms. The molecule has 1 fully saturated rings. The Bertz CT molecular complexity index is 416. The first kappa shape index (κ1) is 10.9. The molecule has 1 saturated carbocycles.